The molecule has 202 valence electrons. The Bertz CT molecular complexity index is 1540. The van der Waals surface area contributed by atoms with E-state index in [1.54, 1.807) is 13.2 Å². The molecule has 2 fully saturated rings. The van der Waals surface area contributed by atoms with E-state index in [9.17, 15) is 18.2 Å². The van der Waals surface area contributed by atoms with Crippen LogP contribution < -0.4 is 20.7 Å². The minimum atomic E-state index is -3.18. The molecule has 0 unspecified atom stereocenters. The number of aromatic amines is 1. The lowest BCUT2D eigenvalue weighted by Gasteiger charge is -2.41. The SMILES string of the molecule is COc1cc(P2(=O)CCN(C3COC3)CC2)ccc1Nc1nc(NCCS(C)(=O)=O)c2c(C#N)c[nH]c2n1. The Morgan fingerprint density at radius 3 is 2.68 bits per heavy atom. The van der Waals surface area contributed by atoms with Gasteiger partial charge in [0.2, 0.25) is 5.95 Å². The molecule has 2 aromatic heterocycles. The molecular formula is C24H30N7O5PS. The highest BCUT2D eigenvalue weighted by atomic mass is 32.2. The molecule has 14 heteroatoms. The lowest BCUT2D eigenvalue weighted by molar-refractivity contribution is -0.0620. The summed E-state index contributed by atoms with van der Waals surface area (Å²) < 4.78 is 47.9. The van der Waals surface area contributed by atoms with Crippen molar-refractivity contribution in [1.82, 2.24) is 19.9 Å². The van der Waals surface area contributed by atoms with E-state index in [1.807, 2.05) is 12.1 Å². The second-order valence-electron chi connectivity index (χ2n) is 9.56. The van der Waals surface area contributed by atoms with Crippen LogP contribution in [0.1, 0.15) is 5.56 Å². The van der Waals surface area contributed by atoms with Gasteiger partial charge in [0.25, 0.3) is 0 Å². The summed E-state index contributed by atoms with van der Waals surface area (Å²) in [6.45, 7) is 3.21. The van der Waals surface area contributed by atoms with Crippen LogP contribution in [-0.4, -0.2) is 98.6 Å². The highest BCUT2D eigenvalue weighted by molar-refractivity contribution is 7.90. The Kier molecular flexibility index (Phi) is 7.33. The molecule has 0 spiro atoms. The summed E-state index contributed by atoms with van der Waals surface area (Å²) in [7, 11) is -4.19. The zero-order valence-corrected chi connectivity index (χ0v) is 22.9. The van der Waals surface area contributed by atoms with Crippen molar-refractivity contribution in [3.8, 4) is 11.8 Å². The van der Waals surface area contributed by atoms with Crippen molar-refractivity contribution < 1.29 is 22.5 Å². The number of methoxy groups -OCH3 is 1. The van der Waals surface area contributed by atoms with Crippen LogP contribution in [-0.2, 0) is 19.1 Å². The Morgan fingerprint density at radius 2 is 2.05 bits per heavy atom. The van der Waals surface area contributed by atoms with E-state index in [-0.39, 0.29) is 18.2 Å². The van der Waals surface area contributed by atoms with Crippen LogP contribution in [0.2, 0.25) is 0 Å². The maximum Gasteiger partial charge on any atom is 0.231 e. The molecule has 0 amide bonds. The van der Waals surface area contributed by atoms with Crippen LogP contribution in [0.15, 0.2) is 24.4 Å². The summed E-state index contributed by atoms with van der Waals surface area (Å²) in [5.74, 6) is 0.976. The van der Waals surface area contributed by atoms with Crippen molar-refractivity contribution >= 4 is 50.8 Å². The molecule has 2 aliphatic heterocycles. The van der Waals surface area contributed by atoms with Gasteiger partial charge in [-0.1, -0.05) is 0 Å². The van der Waals surface area contributed by atoms with Crippen LogP contribution >= 0.6 is 7.14 Å². The van der Waals surface area contributed by atoms with Gasteiger partial charge in [-0.2, -0.15) is 15.2 Å². The topological polar surface area (TPSA) is 162 Å². The number of fused-ring (bicyclic) bond motifs is 1. The zero-order valence-electron chi connectivity index (χ0n) is 21.2. The van der Waals surface area contributed by atoms with Crippen molar-refractivity contribution in [2.24, 2.45) is 0 Å². The number of aromatic nitrogens is 3. The molecule has 1 aromatic carbocycles. The fourth-order valence-electron chi connectivity index (χ4n) is 4.68. The molecule has 0 bridgehead atoms. The molecule has 4 heterocycles. The number of nitrogens with one attached hydrogen (secondary N) is 3. The van der Waals surface area contributed by atoms with Gasteiger partial charge in [-0.15, -0.1) is 0 Å². The van der Waals surface area contributed by atoms with Crippen molar-refractivity contribution in [3.63, 3.8) is 0 Å². The first kappa shape index (κ1) is 26.4. The molecule has 3 N–H and O–H groups in total. The van der Waals surface area contributed by atoms with E-state index >= 15 is 0 Å². The number of hydrogen-bond donors (Lipinski definition) is 3. The number of hydrogen-bond acceptors (Lipinski definition) is 11. The normalized spacial score (nSPS) is 18.0. The van der Waals surface area contributed by atoms with Gasteiger partial charge in [-0.05, 0) is 18.2 Å². The van der Waals surface area contributed by atoms with Crippen LogP contribution in [0.4, 0.5) is 17.5 Å². The van der Waals surface area contributed by atoms with Gasteiger partial charge in [-0.3, -0.25) is 4.90 Å². The van der Waals surface area contributed by atoms with E-state index in [0.29, 0.717) is 52.2 Å². The fraction of sp³-hybridized carbons (Fsp3) is 0.458. The van der Waals surface area contributed by atoms with Gasteiger partial charge in [0.15, 0.2) is 0 Å². The third kappa shape index (κ3) is 5.49. The first-order valence-electron chi connectivity index (χ1n) is 12.3. The second kappa shape index (κ2) is 10.5. The number of benzene rings is 1. The number of nitrogens with zero attached hydrogens (tertiary/aromatic N) is 4. The molecule has 12 nitrogen and oxygen atoms in total. The van der Waals surface area contributed by atoms with Crippen LogP contribution in [0, 0.1) is 11.3 Å². The summed E-state index contributed by atoms with van der Waals surface area (Å²) in [5.41, 5.74) is 1.35. The minimum Gasteiger partial charge on any atom is -0.495 e. The minimum absolute atomic E-state index is 0.0882. The number of rotatable bonds is 9. The fourth-order valence-corrected chi connectivity index (χ4v) is 7.75. The lowest BCUT2D eigenvalue weighted by Crippen LogP contribution is -2.52. The monoisotopic (exact) mass is 559 g/mol. The first-order chi connectivity index (χ1) is 18.2. The molecule has 0 atom stereocenters. The number of anilines is 3. The van der Waals surface area contributed by atoms with E-state index < -0.39 is 17.0 Å². The zero-order chi connectivity index (χ0) is 26.9. The van der Waals surface area contributed by atoms with Crippen LogP contribution in [0.25, 0.3) is 11.0 Å². The van der Waals surface area contributed by atoms with E-state index in [4.69, 9.17) is 9.47 Å². The number of ether oxygens (including phenoxy) is 2. The molecule has 2 aliphatic rings. The third-order valence-electron chi connectivity index (χ3n) is 6.95. The molecule has 0 radical (unpaired) electrons. The highest BCUT2D eigenvalue weighted by Crippen LogP contribution is 2.48. The third-order valence-corrected chi connectivity index (χ3v) is 11.0. The van der Waals surface area contributed by atoms with E-state index in [2.05, 4.69) is 36.6 Å². The van der Waals surface area contributed by atoms with Crippen molar-refractivity contribution in [3.05, 3.63) is 30.0 Å². The molecule has 0 aliphatic carbocycles. The largest absolute Gasteiger partial charge is 0.495 e. The number of nitriles is 1. The Hall–Kier alpha value is -3.17. The molecule has 38 heavy (non-hydrogen) atoms. The van der Waals surface area contributed by atoms with E-state index in [1.165, 1.54) is 6.20 Å². The van der Waals surface area contributed by atoms with E-state index in [0.717, 1.165) is 37.9 Å². The first-order valence-corrected chi connectivity index (χ1v) is 16.4. The van der Waals surface area contributed by atoms with Gasteiger partial charge < -0.3 is 29.7 Å². The molecule has 3 aromatic rings. The lowest BCUT2D eigenvalue weighted by atomic mass is 10.2. The Morgan fingerprint density at radius 1 is 1.29 bits per heavy atom. The molecule has 0 saturated carbocycles. The van der Waals surface area contributed by atoms with Crippen molar-refractivity contribution in [2.75, 3.05) is 74.9 Å². The predicted molar refractivity (Wildman–Crippen MR) is 146 cm³/mol. The summed E-state index contributed by atoms with van der Waals surface area (Å²) in [6.07, 6.45) is 3.93. The number of sulfone groups is 1. The number of H-pyrrole nitrogens is 1. The van der Waals surface area contributed by atoms with Crippen molar-refractivity contribution in [2.45, 2.75) is 6.04 Å². The Balaban J connectivity index is 1.38. The average Bonchev–Trinajstić information content (AvgIpc) is 3.27. The average molecular weight is 560 g/mol. The van der Waals surface area contributed by atoms with Gasteiger partial charge in [0, 0.05) is 49.7 Å². The van der Waals surface area contributed by atoms with Gasteiger partial charge in [0.1, 0.15) is 40.3 Å². The summed E-state index contributed by atoms with van der Waals surface area (Å²) >= 11 is 0. The van der Waals surface area contributed by atoms with Crippen molar-refractivity contribution in [1.29, 1.82) is 5.26 Å². The van der Waals surface area contributed by atoms with Crippen LogP contribution in [0.3, 0.4) is 0 Å². The summed E-state index contributed by atoms with van der Waals surface area (Å²) in [5, 5.41) is 16.9. The summed E-state index contributed by atoms with van der Waals surface area (Å²) in [4.78, 5) is 14.3. The molecular weight excluding hydrogens is 529 g/mol. The standard InChI is InChI=1S/C24H30N7O5PS/c1-35-20-11-18(37(32)8-6-31(7-9-37)17-14-36-15-17)3-4-19(20)28-24-29-22(26-5-10-38(2,33)34)21-16(12-25)13-27-23(21)30-24/h3-4,11,13,17H,5-10,14-15H2,1-2H3,(H3,26,27,28,29,30). The van der Waals surface area contributed by atoms with Gasteiger partial charge in [0.05, 0.1) is 48.8 Å². The maximum atomic E-state index is 13.8. The van der Waals surface area contributed by atoms with Gasteiger partial charge in [-0.25, -0.2) is 8.42 Å². The maximum absolute atomic E-state index is 13.8. The van der Waals surface area contributed by atoms with Crippen LogP contribution in [0.5, 0.6) is 5.75 Å². The smallest absolute Gasteiger partial charge is 0.231 e. The quantitative estimate of drug-likeness (QED) is 0.327. The second-order valence-corrected chi connectivity index (χ2v) is 15.0. The highest BCUT2D eigenvalue weighted by Gasteiger charge is 2.35. The predicted octanol–water partition coefficient (Wildman–Crippen LogP) is 1.74. The summed E-state index contributed by atoms with van der Waals surface area (Å²) in [6, 6.07) is 8.02. The molecule has 5 rings (SSSR count). The Labute approximate surface area is 221 Å². The van der Waals surface area contributed by atoms with Gasteiger partial charge >= 0.3 is 0 Å². The molecule has 2 saturated heterocycles.